The highest BCUT2D eigenvalue weighted by Crippen LogP contribution is 2.58. The summed E-state index contributed by atoms with van der Waals surface area (Å²) in [5.41, 5.74) is 5.86. The number of rotatable bonds is 10. The lowest BCUT2D eigenvalue weighted by molar-refractivity contribution is -0.135. The zero-order valence-corrected chi connectivity index (χ0v) is 31.1. The molecule has 1 unspecified atom stereocenters. The molecular formula is C41H46N4O8. The van der Waals surface area contributed by atoms with Gasteiger partial charge < -0.3 is 29.0 Å². The lowest BCUT2D eigenvalue weighted by Gasteiger charge is -2.60. The number of hydrogen-bond acceptors (Lipinski definition) is 11. The van der Waals surface area contributed by atoms with E-state index in [0.717, 1.165) is 33.4 Å². The zero-order valence-electron chi connectivity index (χ0n) is 31.1. The number of nitrogens with zero attached hydrogens (tertiary/aromatic N) is 3. The quantitative estimate of drug-likeness (QED) is 0.219. The van der Waals surface area contributed by atoms with E-state index in [4.69, 9.17) is 23.7 Å². The van der Waals surface area contributed by atoms with Gasteiger partial charge in [-0.2, -0.15) is 5.26 Å². The molecule has 3 aromatic rings. The molecule has 0 saturated carbocycles. The fourth-order valence-electron chi connectivity index (χ4n) is 8.96. The van der Waals surface area contributed by atoms with Gasteiger partial charge in [-0.25, -0.2) is 0 Å². The van der Waals surface area contributed by atoms with Gasteiger partial charge in [0.15, 0.2) is 23.0 Å². The van der Waals surface area contributed by atoms with Crippen LogP contribution in [0, 0.1) is 25.2 Å². The SMILES string of the molecule is CCCC(=O)Oc1c(OC)c(C)cc2c1[C@@H]1C3Cc4c(OC(C)=O)c(C)c5c(c4[C@H](CNC(=O)CCc4ccccc4)N3[C@@H](C#N)[C@H](C2)N1C)OCO5. The molecule has 53 heavy (non-hydrogen) atoms. The molecule has 7 rings (SSSR count). The van der Waals surface area contributed by atoms with Crippen LogP contribution in [0.5, 0.6) is 28.7 Å². The molecular weight excluding hydrogens is 676 g/mol. The van der Waals surface area contributed by atoms with Crippen molar-refractivity contribution in [3.8, 4) is 34.8 Å². The Hall–Kier alpha value is -5.12. The van der Waals surface area contributed by atoms with Crippen LogP contribution in [0.1, 0.15) is 84.1 Å². The molecule has 1 saturated heterocycles. The Labute approximate surface area is 309 Å². The first-order valence-electron chi connectivity index (χ1n) is 18.3. The molecule has 5 atom stereocenters. The highest BCUT2D eigenvalue weighted by atomic mass is 16.7. The monoisotopic (exact) mass is 722 g/mol. The van der Waals surface area contributed by atoms with Gasteiger partial charge in [0.1, 0.15) is 11.8 Å². The van der Waals surface area contributed by atoms with Crippen LogP contribution >= 0.6 is 0 Å². The van der Waals surface area contributed by atoms with Crippen LogP contribution in [0.2, 0.25) is 0 Å². The smallest absolute Gasteiger partial charge is 0.311 e. The van der Waals surface area contributed by atoms with Gasteiger partial charge in [0, 0.05) is 60.6 Å². The summed E-state index contributed by atoms with van der Waals surface area (Å²) in [5, 5.41) is 14.2. The van der Waals surface area contributed by atoms with E-state index in [0.29, 0.717) is 60.0 Å². The van der Waals surface area contributed by atoms with Gasteiger partial charge >= 0.3 is 11.9 Å². The predicted octanol–water partition coefficient (Wildman–Crippen LogP) is 5.19. The maximum Gasteiger partial charge on any atom is 0.311 e. The third kappa shape index (κ3) is 6.36. The number of hydrogen-bond donors (Lipinski definition) is 1. The lowest BCUT2D eigenvalue weighted by atomic mass is 9.71. The van der Waals surface area contributed by atoms with Crippen molar-refractivity contribution in [2.24, 2.45) is 0 Å². The number of fused-ring (bicyclic) bond motifs is 9. The molecule has 1 amide bonds. The van der Waals surface area contributed by atoms with Crippen LogP contribution in [0.15, 0.2) is 36.4 Å². The molecule has 3 aromatic carbocycles. The molecule has 278 valence electrons. The molecule has 1 fully saturated rings. The van der Waals surface area contributed by atoms with Crippen LogP contribution < -0.4 is 29.0 Å². The second-order valence-corrected chi connectivity index (χ2v) is 14.3. The number of carbonyl (C=O) groups is 3. The molecule has 2 bridgehead atoms. The number of aryl methyl sites for hydroxylation is 2. The molecule has 12 nitrogen and oxygen atoms in total. The topological polar surface area (TPSA) is 140 Å². The first kappa shape index (κ1) is 36.2. The number of amides is 1. The van der Waals surface area contributed by atoms with E-state index in [1.54, 1.807) is 7.11 Å². The second kappa shape index (κ2) is 14.7. The first-order chi connectivity index (χ1) is 25.6. The molecule has 0 aliphatic carbocycles. The van der Waals surface area contributed by atoms with Crippen molar-refractivity contribution in [2.75, 3.05) is 27.5 Å². The van der Waals surface area contributed by atoms with Gasteiger partial charge in [0.2, 0.25) is 12.7 Å². The Bertz CT molecular complexity index is 1990. The minimum absolute atomic E-state index is 0.0135. The van der Waals surface area contributed by atoms with Crippen LogP contribution in [-0.4, -0.2) is 73.3 Å². The van der Waals surface area contributed by atoms with E-state index in [9.17, 15) is 19.6 Å². The first-order valence-corrected chi connectivity index (χ1v) is 18.3. The molecule has 4 aliphatic rings. The minimum Gasteiger partial charge on any atom is -0.493 e. The van der Waals surface area contributed by atoms with Crippen molar-refractivity contribution in [2.45, 2.75) is 96.4 Å². The van der Waals surface area contributed by atoms with Crippen molar-refractivity contribution in [3.63, 3.8) is 0 Å². The second-order valence-electron chi connectivity index (χ2n) is 14.3. The van der Waals surface area contributed by atoms with Crippen molar-refractivity contribution in [1.82, 2.24) is 15.1 Å². The summed E-state index contributed by atoms with van der Waals surface area (Å²) in [6.07, 6.45) is 2.64. The van der Waals surface area contributed by atoms with Crippen LogP contribution in [0.25, 0.3) is 0 Å². The highest BCUT2D eigenvalue weighted by Gasteiger charge is 2.57. The standard InChI is InChI=1S/C41H46N4O8/c1-7-11-33(48)53-41-34-26(16-22(2)37(41)49-6)17-28-30(19-42)45-29(36(34)44(28)5)18-27-35(40-39(50-21-51-40)23(3)38(27)52-24(4)46)31(45)20-43-32(47)15-14-25-12-9-8-10-13-25/h8-10,12-13,16,28-31,36H,7,11,14-15,17-18,20-21H2,1-6H3,(H,43,47)/t28-,29?,30-,31-,36-/m0/s1. The van der Waals surface area contributed by atoms with E-state index in [1.165, 1.54) is 6.92 Å². The molecule has 4 aliphatic heterocycles. The maximum absolute atomic E-state index is 13.5. The Morgan fingerprint density at radius 2 is 1.74 bits per heavy atom. The molecule has 12 heteroatoms. The molecule has 0 radical (unpaired) electrons. The van der Waals surface area contributed by atoms with Crippen molar-refractivity contribution >= 4 is 17.8 Å². The number of esters is 2. The summed E-state index contributed by atoms with van der Waals surface area (Å²) in [6.45, 7) is 7.22. The van der Waals surface area contributed by atoms with Crippen molar-refractivity contribution in [1.29, 1.82) is 5.26 Å². The fourth-order valence-corrected chi connectivity index (χ4v) is 8.96. The number of methoxy groups -OCH3 is 1. The molecule has 0 spiro atoms. The zero-order chi connectivity index (χ0) is 37.6. The number of nitriles is 1. The highest BCUT2D eigenvalue weighted by molar-refractivity contribution is 5.77. The summed E-state index contributed by atoms with van der Waals surface area (Å²) < 4.78 is 30.2. The average molecular weight is 723 g/mol. The number of piperazine rings is 1. The number of likely N-dealkylation sites (N-methyl/N-ethyl adjacent to an activating group) is 1. The van der Waals surface area contributed by atoms with Crippen molar-refractivity contribution in [3.05, 3.63) is 75.3 Å². The van der Waals surface area contributed by atoms with Crippen molar-refractivity contribution < 1.29 is 38.1 Å². The fraction of sp³-hybridized carbons (Fsp3) is 0.463. The van der Waals surface area contributed by atoms with Gasteiger partial charge in [-0.15, -0.1) is 0 Å². The number of benzene rings is 3. The molecule has 4 heterocycles. The number of ether oxygens (including phenoxy) is 5. The Morgan fingerprint density at radius 1 is 0.981 bits per heavy atom. The van der Waals surface area contributed by atoms with E-state index in [1.807, 2.05) is 58.2 Å². The largest absolute Gasteiger partial charge is 0.493 e. The predicted molar refractivity (Wildman–Crippen MR) is 194 cm³/mol. The van der Waals surface area contributed by atoms with E-state index < -0.39 is 18.1 Å². The van der Waals surface area contributed by atoms with Crippen LogP contribution in [0.3, 0.4) is 0 Å². The summed E-state index contributed by atoms with van der Waals surface area (Å²) in [6, 6.07) is 12.4. The molecule has 0 aromatic heterocycles. The maximum atomic E-state index is 13.5. The third-order valence-corrected chi connectivity index (χ3v) is 11.1. The van der Waals surface area contributed by atoms with E-state index in [-0.39, 0.29) is 56.2 Å². The van der Waals surface area contributed by atoms with E-state index in [2.05, 4.69) is 27.3 Å². The third-order valence-electron chi connectivity index (χ3n) is 11.1. The van der Waals surface area contributed by atoms with Crippen LogP contribution in [0.4, 0.5) is 0 Å². The van der Waals surface area contributed by atoms with Gasteiger partial charge in [0.25, 0.3) is 0 Å². The number of nitrogens with one attached hydrogen (secondary N) is 1. The summed E-state index contributed by atoms with van der Waals surface area (Å²) >= 11 is 0. The van der Waals surface area contributed by atoms with Crippen LogP contribution in [-0.2, 0) is 33.6 Å². The number of carbonyl (C=O) groups excluding carboxylic acids is 3. The van der Waals surface area contributed by atoms with Gasteiger partial charge in [-0.1, -0.05) is 43.3 Å². The summed E-state index contributed by atoms with van der Waals surface area (Å²) in [7, 11) is 3.59. The average Bonchev–Trinajstić information content (AvgIpc) is 3.62. The Balaban J connectivity index is 1.39. The normalized spacial score (nSPS) is 22.5. The summed E-state index contributed by atoms with van der Waals surface area (Å²) in [4.78, 5) is 43.7. The summed E-state index contributed by atoms with van der Waals surface area (Å²) in [5.74, 6) is 1.33. The van der Waals surface area contributed by atoms with Gasteiger partial charge in [-0.05, 0) is 63.3 Å². The van der Waals surface area contributed by atoms with Gasteiger partial charge in [0.05, 0.1) is 25.3 Å². The Kier molecular flexibility index (Phi) is 10.1. The van der Waals surface area contributed by atoms with E-state index >= 15 is 0 Å². The lowest BCUT2D eigenvalue weighted by Crippen LogP contribution is -2.68. The molecule has 1 N–H and O–H groups in total. The Morgan fingerprint density at radius 3 is 2.43 bits per heavy atom. The van der Waals surface area contributed by atoms with Gasteiger partial charge in [-0.3, -0.25) is 24.2 Å². The minimum atomic E-state index is -0.598.